The molecule has 5 nitrogen and oxygen atoms in total. The average molecular weight is 254 g/mol. The van der Waals surface area contributed by atoms with E-state index in [0.717, 1.165) is 13.0 Å². The number of urea groups is 1. The largest absolute Gasteiger partial charge is 0.481 e. The Morgan fingerprint density at radius 3 is 2.56 bits per heavy atom. The molecule has 2 heterocycles. The van der Waals surface area contributed by atoms with E-state index >= 15 is 0 Å². The van der Waals surface area contributed by atoms with Gasteiger partial charge in [0.25, 0.3) is 0 Å². The van der Waals surface area contributed by atoms with Gasteiger partial charge in [-0.2, -0.15) is 0 Å². The monoisotopic (exact) mass is 254 g/mol. The highest BCUT2D eigenvalue weighted by Crippen LogP contribution is 2.27. The molecule has 0 bridgehead atoms. The molecular weight excluding hydrogens is 232 g/mol. The van der Waals surface area contributed by atoms with Crippen molar-refractivity contribution in [1.29, 1.82) is 0 Å². The fourth-order valence-corrected chi connectivity index (χ4v) is 2.89. The maximum Gasteiger partial charge on any atom is 0.320 e. The molecule has 0 aromatic rings. The Bertz CT molecular complexity index is 339. The molecule has 1 N–H and O–H groups in total. The second-order valence-electron chi connectivity index (χ2n) is 5.70. The van der Waals surface area contributed by atoms with E-state index in [1.54, 1.807) is 4.90 Å². The van der Waals surface area contributed by atoms with Crippen molar-refractivity contribution < 1.29 is 14.7 Å². The van der Waals surface area contributed by atoms with Crippen molar-refractivity contribution in [2.75, 3.05) is 19.6 Å². The first-order chi connectivity index (χ1) is 8.49. The van der Waals surface area contributed by atoms with Crippen molar-refractivity contribution in [1.82, 2.24) is 9.80 Å². The molecule has 2 rings (SSSR count). The van der Waals surface area contributed by atoms with Crippen molar-refractivity contribution in [3.05, 3.63) is 0 Å². The van der Waals surface area contributed by atoms with E-state index in [0.29, 0.717) is 25.0 Å². The van der Waals surface area contributed by atoms with Gasteiger partial charge in [-0.1, -0.05) is 6.92 Å². The minimum atomic E-state index is -0.771. The first-order valence-electron chi connectivity index (χ1n) is 6.76. The standard InChI is InChI=1S/C13H22N2O3/c1-9-4-3-5-15(10(9)2)13(18)14-7-11(8-14)6-12(16)17/h9-11H,3-8H2,1-2H3,(H,16,17). The summed E-state index contributed by atoms with van der Waals surface area (Å²) in [6.07, 6.45) is 2.44. The maximum absolute atomic E-state index is 12.3. The highest BCUT2D eigenvalue weighted by atomic mass is 16.4. The van der Waals surface area contributed by atoms with Crippen LogP contribution in [-0.2, 0) is 4.79 Å². The number of rotatable bonds is 2. The van der Waals surface area contributed by atoms with Crippen LogP contribution in [0.25, 0.3) is 0 Å². The second-order valence-corrected chi connectivity index (χ2v) is 5.70. The summed E-state index contributed by atoms with van der Waals surface area (Å²) in [7, 11) is 0. The summed E-state index contributed by atoms with van der Waals surface area (Å²) in [5.74, 6) is -0.0742. The predicted molar refractivity (Wildman–Crippen MR) is 67.3 cm³/mol. The van der Waals surface area contributed by atoms with E-state index in [-0.39, 0.29) is 18.4 Å². The molecule has 0 aliphatic carbocycles. The van der Waals surface area contributed by atoms with Gasteiger partial charge in [0.05, 0.1) is 6.42 Å². The van der Waals surface area contributed by atoms with Gasteiger partial charge in [-0.15, -0.1) is 0 Å². The molecule has 2 unspecified atom stereocenters. The quantitative estimate of drug-likeness (QED) is 0.814. The van der Waals surface area contributed by atoms with Crippen molar-refractivity contribution in [2.24, 2.45) is 11.8 Å². The van der Waals surface area contributed by atoms with E-state index in [1.807, 2.05) is 4.90 Å². The molecule has 2 fully saturated rings. The van der Waals surface area contributed by atoms with E-state index in [2.05, 4.69) is 13.8 Å². The van der Waals surface area contributed by atoms with Gasteiger partial charge < -0.3 is 14.9 Å². The Hall–Kier alpha value is -1.26. The number of carbonyl (C=O) groups excluding carboxylic acids is 1. The lowest BCUT2D eigenvalue weighted by atomic mass is 9.91. The van der Waals surface area contributed by atoms with Crippen LogP contribution in [0.1, 0.15) is 33.1 Å². The van der Waals surface area contributed by atoms with Gasteiger partial charge in [-0.25, -0.2) is 4.79 Å². The van der Waals surface area contributed by atoms with Crippen molar-refractivity contribution in [2.45, 2.75) is 39.2 Å². The first kappa shape index (κ1) is 13.2. The van der Waals surface area contributed by atoms with Crippen molar-refractivity contribution in [3.63, 3.8) is 0 Å². The minimum absolute atomic E-state index is 0.0932. The number of aliphatic carboxylic acids is 1. The van der Waals surface area contributed by atoms with Gasteiger partial charge in [0.2, 0.25) is 0 Å². The Kier molecular flexibility index (Phi) is 3.78. The minimum Gasteiger partial charge on any atom is -0.481 e. The average Bonchev–Trinajstić information content (AvgIpc) is 2.25. The highest BCUT2D eigenvalue weighted by molar-refractivity contribution is 5.76. The van der Waals surface area contributed by atoms with Crippen molar-refractivity contribution in [3.8, 4) is 0 Å². The summed E-state index contributed by atoms with van der Waals surface area (Å²) < 4.78 is 0. The Balaban J connectivity index is 1.84. The zero-order chi connectivity index (χ0) is 13.3. The van der Waals surface area contributed by atoms with E-state index in [1.165, 1.54) is 6.42 Å². The molecule has 5 heteroatoms. The number of carboxylic acid groups (broad SMARTS) is 1. The molecule has 0 aromatic heterocycles. The molecule has 18 heavy (non-hydrogen) atoms. The summed E-state index contributed by atoms with van der Waals surface area (Å²) in [5, 5.41) is 8.69. The third-order valence-electron chi connectivity index (χ3n) is 4.31. The first-order valence-corrected chi connectivity index (χ1v) is 6.76. The molecule has 0 aromatic carbocycles. The van der Waals surface area contributed by atoms with E-state index in [4.69, 9.17) is 5.11 Å². The lowest BCUT2D eigenvalue weighted by Crippen LogP contribution is -2.58. The highest BCUT2D eigenvalue weighted by Gasteiger charge is 2.37. The van der Waals surface area contributed by atoms with Gasteiger partial charge in [0.1, 0.15) is 0 Å². The van der Waals surface area contributed by atoms with Crippen LogP contribution in [0.5, 0.6) is 0 Å². The number of likely N-dealkylation sites (tertiary alicyclic amines) is 2. The summed E-state index contributed by atoms with van der Waals surface area (Å²) in [6, 6.07) is 0.389. The molecule has 102 valence electrons. The number of piperidine rings is 1. The smallest absolute Gasteiger partial charge is 0.320 e. The molecule has 0 saturated carbocycles. The maximum atomic E-state index is 12.3. The summed E-state index contributed by atoms with van der Waals surface area (Å²) in [4.78, 5) is 26.6. The normalized spacial score (nSPS) is 29.0. The SMILES string of the molecule is CC1CCCN(C(=O)N2CC(CC(=O)O)C2)C1C. The lowest BCUT2D eigenvalue weighted by molar-refractivity contribution is -0.139. The molecule has 2 amide bonds. The van der Waals surface area contributed by atoms with E-state index in [9.17, 15) is 9.59 Å². The Morgan fingerprint density at radius 1 is 1.28 bits per heavy atom. The topological polar surface area (TPSA) is 60.9 Å². The molecular formula is C13H22N2O3. The molecule has 0 spiro atoms. The van der Waals surface area contributed by atoms with Crippen LogP contribution >= 0.6 is 0 Å². The van der Waals surface area contributed by atoms with Crippen LogP contribution in [0.15, 0.2) is 0 Å². The van der Waals surface area contributed by atoms with Crippen LogP contribution in [0.3, 0.4) is 0 Å². The van der Waals surface area contributed by atoms with Crippen LogP contribution in [0, 0.1) is 11.8 Å². The number of carbonyl (C=O) groups is 2. The Labute approximate surface area is 108 Å². The predicted octanol–water partition coefficient (Wildman–Crippen LogP) is 1.63. The molecule has 2 atom stereocenters. The fraction of sp³-hybridized carbons (Fsp3) is 0.846. The van der Waals surface area contributed by atoms with Crippen LogP contribution in [0.2, 0.25) is 0 Å². The van der Waals surface area contributed by atoms with Crippen molar-refractivity contribution >= 4 is 12.0 Å². The lowest BCUT2D eigenvalue weighted by Gasteiger charge is -2.45. The van der Waals surface area contributed by atoms with E-state index < -0.39 is 5.97 Å². The fourth-order valence-electron chi connectivity index (χ4n) is 2.89. The summed E-state index contributed by atoms with van der Waals surface area (Å²) in [6.45, 7) is 6.33. The van der Waals surface area contributed by atoms with Gasteiger partial charge in [0, 0.05) is 31.6 Å². The summed E-state index contributed by atoms with van der Waals surface area (Å²) in [5.41, 5.74) is 0. The third kappa shape index (κ3) is 2.60. The number of hydrogen-bond acceptors (Lipinski definition) is 2. The van der Waals surface area contributed by atoms with Gasteiger partial charge in [-0.3, -0.25) is 4.79 Å². The van der Waals surface area contributed by atoms with Crippen LogP contribution in [-0.4, -0.2) is 52.6 Å². The molecule has 0 radical (unpaired) electrons. The number of nitrogens with zero attached hydrogens (tertiary/aromatic N) is 2. The van der Waals surface area contributed by atoms with Crippen LogP contribution < -0.4 is 0 Å². The third-order valence-corrected chi connectivity index (χ3v) is 4.31. The van der Waals surface area contributed by atoms with Gasteiger partial charge in [-0.05, 0) is 25.7 Å². The second kappa shape index (κ2) is 5.16. The van der Waals surface area contributed by atoms with Gasteiger partial charge in [0.15, 0.2) is 0 Å². The molecule has 2 aliphatic rings. The Morgan fingerprint density at radius 2 is 1.94 bits per heavy atom. The molecule has 2 saturated heterocycles. The van der Waals surface area contributed by atoms with Crippen LogP contribution in [0.4, 0.5) is 4.79 Å². The number of hydrogen-bond donors (Lipinski definition) is 1. The molecule has 2 aliphatic heterocycles. The zero-order valence-corrected chi connectivity index (χ0v) is 11.1. The number of carboxylic acids is 1. The zero-order valence-electron chi connectivity index (χ0n) is 11.1. The summed E-state index contributed by atoms with van der Waals surface area (Å²) >= 11 is 0. The van der Waals surface area contributed by atoms with Gasteiger partial charge >= 0.3 is 12.0 Å². The number of amides is 2.